The molecule has 1 N–H and O–H groups in total. The number of hydrogen-bond acceptors (Lipinski definition) is 2. The Labute approximate surface area is 92.1 Å². The van der Waals surface area contributed by atoms with Crippen molar-refractivity contribution in [1.29, 1.82) is 0 Å². The van der Waals surface area contributed by atoms with Crippen LogP contribution in [0.5, 0.6) is 0 Å². The first-order valence-electron chi connectivity index (χ1n) is 5.27. The molecule has 1 heterocycles. The molecular formula is C13H18N2. The van der Waals surface area contributed by atoms with Crippen molar-refractivity contribution in [2.24, 2.45) is 0 Å². The summed E-state index contributed by atoms with van der Waals surface area (Å²) in [7, 11) is 1.98. The molecule has 0 amide bonds. The van der Waals surface area contributed by atoms with Crippen LogP contribution in [0.15, 0.2) is 18.5 Å². The summed E-state index contributed by atoms with van der Waals surface area (Å²) in [6.45, 7) is 4.00. The largest absolute Gasteiger partial charge is 0.313 e. The molecule has 0 saturated carbocycles. The van der Waals surface area contributed by atoms with Gasteiger partial charge in [0.25, 0.3) is 0 Å². The summed E-state index contributed by atoms with van der Waals surface area (Å²) >= 11 is 0. The predicted octanol–water partition coefficient (Wildman–Crippen LogP) is 2.45. The Morgan fingerprint density at radius 3 is 2.93 bits per heavy atom. The van der Waals surface area contributed by atoms with Crippen molar-refractivity contribution in [3.8, 4) is 11.8 Å². The smallest absolute Gasteiger partial charge is 0.0344 e. The van der Waals surface area contributed by atoms with Crippen LogP contribution in [0.25, 0.3) is 0 Å². The van der Waals surface area contributed by atoms with E-state index in [-0.39, 0.29) is 0 Å². The normalized spacial score (nSPS) is 11.7. The van der Waals surface area contributed by atoms with Gasteiger partial charge < -0.3 is 5.32 Å². The van der Waals surface area contributed by atoms with Crippen molar-refractivity contribution in [3.63, 3.8) is 0 Å². The average Bonchev–Trinajstić information content (AvgIpc) is 2.26. The van der Waals surface area contributed by atoms with Crippen LogP contribution in [0.1, 0.15) is 36.9 Å². The third-order valence-electron chi connectivity index (χ3n) is 2.54. The zero-order chi connectivity index (χ0) is 11.1. The molecule has 2 nitrogen and oxygen atoms in total. The second-order valence-electron chi connectivity index (χ2n) is 3.54. The highest BCUT2D eigenvalue weighted by Crippen LogP contribution is 2.20. The predicted molar refractivity (Wildman–Crippen MR) is 63.5 cm³/mol. The fraction of sp³-hybridized carbons (Fsp3) is 0.462. The van der Waals surface area contributed by atoms with Gasteiger partial charge in [-0.3, -0.25) is 4.98 Å². The van der Waals surface area contributed by atoms with Crippen molar-refractivity contribution in [2.45, 2.75) is 32.7 Å². The molecule has 0 aliphatic carbocycles. The Morgan fingerprint density at radius 2 is 2.33 bits per heavy atom. The number of nitrogens with zero attached hydrogens (tertiary/aromatic N) is 1. The summed E-state index contributed by atoms with van der Waals surface area (Å²) in [4.78, 5) is 4.17. The highest BCUT2D eigenvalue weighted by atomic mass is 14.9. The van der Waals surface area contributed by atoms with E-state index >= 15 is 0 Å². The zero-order valence-corrected chi connectivity index (χ0v) is 9.67. The van der Waals surface area contributed by atoms with Crippen LogP contribution in [-0.4, -0.2) is 12.0 Å². The molecule has 0 aliphatic heterocycles. The SMILES string of the molecule is CC#CCCC(NC)c1cnccc1C. The number of pyridine rings is 1. The maximum atomic E-state index is 4.17. The van der Waals surface area contributed by atoms with Gasteiger partial charge in [0.1, 0.15) is 0 Å². The lowest BCUT2D eigenvalue weighted by atomic mass is 10.00. The number of hydrogen-bond donors (Lipinski definition) is 1. The summed E-state index contributed by atoms with van der Waals surface area (Å²) in [5, 5.41) is 3.31. The Morgan fingerprint density at radius 1 is 1.53 bits per heavy atom. The van der Waals surface area contributed by atoms with E-state index in [1.165, 1.54) is 11.1 Å². The van der Waals surface area contributed by atoms with Gasteiger partial charge in [0.2, 0.25) is 0 Å². The van der Waals surface area contributed by atoms with Gasteiger partial charge in [0.15, 0.2) is 0 Å². The van der Waals surface area contributed by atoms with Crippen LogP contribution in [0.4, 0.5) is 0 Å². The van der Waals surface area contributed by atoms with Gasteiger partial charge in [-0.1, -0.05) is 0 Å². The van der Waals surface area contributed by atoms with Gasteiger partial charge in [0, 0.05) is 24.9 Å². The lowest BCUT2D eigenvalue weighted by Gasteiger charge is -2.16. The fourth-order valence-electron chi connectivity index (χ4n) is 1.64. The number of aryl methyl sites for hydroxylation is 1. The summed E-state index contributed by atoms with van der Waals surface area (Å²) in [5.74, 6) is 6.01. The van der Waals surface area contributed by atoms with Crippen molar-refractivity contribution in [3.05, 3.63) is 29.6 Å². The van der Waals surface area contributed by atoms with E-state index in [1.807, 2.05) is 32.4 Å². The van der Waals surface area contributed by atoms with Crippen LogP contribution in [0.3, 0.4) is 0 Å². The van der Waals surface area contributed by atoms with Gasteiger partial charge in [-0.2, -0.15) is 0 Å². The minimum atomic E-state index is 0.361. The van der Waals surface area contributed by atoms with Gasteiger partial charge >= 0.3 is 0 Å². The van der Waals surface area contributed by atoms with E-state index in [1.54, 1.807) is 0 Å². The van der Waals surface area contributed by atoms with Gasteiger partial charge in [-0.25, -0.2) is 0 Å². The minimum Gasteiger partial charge on any atom is -0.313 e. The highest BCUT2D eigenvalue weighted by Gasteiger charge is 2.10. The fourth-order valence-corrected chi connectivity index (χ4v) is 1.64. The van der Waals surface area contributed by atoms with Crippen molar-refractivity contribution < 1.29 is 0 Å². The third-order valence-corrected chi connectivity index (χ3v) is 2.54. The summed E-state index contributed by atoms with van der Waals surface area (Å²) in [6.07, 6.45) is 5.73. The van der Waals surface area contributed by atoms with Crippen LogP contribution >= 0.6 is 0 Å². The Balaban J connectivity index is 2.72. The molecule has 15 heavy (non-hydrogen) atoms. The van der Waals surface area contributed by atoms with Crippen LogP contribution in [0.2, 0.25) is 0 Å². The molecule has 0 saturated heterocycles. The molecule has 80 valence electrons. The van der Waals surface area contributed by atoms with Crippen LogP contribution in [-0.2, 0) is 0 Å². The molecule has 0 fully saturated rings. The average molecular weight is 202 g/mol. The molecule has 1 atom stereocenters. The highest BCUT2D eigenvalue weighted by molar-refractivity contribution is 5.25. The molecule has 0 radical (unpaired) electrons. The van der Waals surface area contributed by atoms with E-state index in [2.05, 4.69) is 29.1 Å². The van der Waals surface area contributed by atoms with Crippen LogP contribution in [0, 0.1) is 18.8 Å². The molecule has 0 aromatic carbocycles. The maximum Gasteiger partial charge on any atom is 0.0344 e. The molecular weight excluding hydrogens is 184 g/mol. The first-order chi connectivity index (χ1) is 7.29. The topological polar surface area (TPSA) is 24.9 Å². The van der Waals surface area contributed by atoms with E-state index in [0.29, 0.717) is 6.04 Å². The monoisotopic (exact) mass is 202 g/mol. The first-order valence-corrected chi connectivity index (χ1v) is 5.27. The lowest BCUT2D eigenvalue weighted by Crippen LogP contribution is -2.17. The minimum absolute atomic E-state index is 0.361. The Hall–Kier alpha value is -1.33. The maximum absolute atomic E-state index is 4.17. The van der Waals surface area contributed by atoms with E-state index in [0.717, 1.165) is 12.8 Å². The van der Waals surface area contributed by atoms with Gasteiger partial charge in [-0.15, -0.1) is 11.8 Å². The van der Waals surface area contributed by atoms with Crippen LogP contribution < -0.4 is 5.32 Å². The molecule has 2 heteroatoms. The van der Waals surface area contributed by atoms with Crippen molar-refractivity contribution >= 4 is 0 Å². The quantitative estimate of drug-likeness (QED) is 0.759. The lowest BCUT2D eigenvalue weighted by molar-refractivity contribution is 0.554. The van der Waals surface area contributed by atoms with E-state index in [4.69, 9.17) is 0 Å². The molecule has 0 spiro atoms. The summed E-state index contributed by atoms with van der Waals surface area (Å²) in [6, 6.07) is 2.41. The molecule has 1 unspecified atom stereocenters. The second kappa shape index (κ2) is 6.21. The standard InChI is InChI=1S/C13H18N2/c1-4-5-6-7-13(14-3)12-10-15-9-8-11(12)2/h8-10,13-14H,6-7H2,1-3H3. The third kappa shape index (κ3) is 3.38. The first kappa shape index (κ1) is 11.7. The molecule has 1 rings (SSSR count). The molecule has 1 aromatic heterocycles. The van der Waals surface area contributed by atoms with Crippen molar-refractivity contribution in [1.82, 2.24) is 10.3 Å². The molecule has 0 aliphatic rings. The number of nitrogens with one attached hydrogen (secondary N) is 1. The molecule has 0 bridgehead atoms. The van der Waals surface area contributed by atoms with E-state index < -0.39 is 0 Å². The van der Waals surface area contributed by atoms with E-state index in [9.17, 15) is 0 Å². The zero-order valence-electron chi connectivity index (χ0n) is 9.67. The Kier molecular flexibility index (Phi) is 4.86. The number of aromatic nitrogens is 1. The van der Waals surface area contributed by atoms with Gasteiger partial charge in [-0.05, 0) is 44.5 Å². The van der Waals surface area contributed by atoms with Crippen molar-refractivity contribution in [2.75, 3.05) is 7.05 Å². The van der Waals surface area contributed by atoms with Gasteiger partial charge in [0.05, 0.1) is 0 Å². The summed E-state index contributed by atoms with van der Waals surface area (Å²) in [5.41, 5.74) is 2.56. The summed E-state index contributed by atoms with van der Waals surface area (Å²) < 4.78 is 0. The number of rotatable bonds is 4. The molecule has 1 aromatic rings. The Bertz CT molecular complexity index is 360. The second-order valence-corrected chi connectivity index (χ2v) is 3.54.